The second-order valence-electron chi connectivity index (χ2n) is 5.52. The monoisotopic (exact) mass is 314 g/mol. The van der Waals surface area contributed by atoms with Crippen LogP contribution in [0.3, 0.4) is 0 Å². The Morgan fingerprint density at radius 2 is 1.00 bits per heavy atom. The van der Waals surface area contributed by atoms with E-state index in [0.717, 1.165) is 27.8 Å². The zero-order valence-electron chi connectivity index (χ0n) is 13.2. The van der Waals surface area contributed by atoms with E-state index in [9.17, 15) is 9.90 Å². The smallest absolute Gasteiger partial charge is 0.307 e. The van der Waals surface area contributed by atoms with Gasteiger partial charge in [0.1, 0.15) is 0 Å². The quantitative estimate of drug-likeness (QED) is 0.664. The molecule has 0 saturated heterocycles. The van der Waals surface area contributed by atoms with Crippen LogP contribution in [-0.4, -0.2) is 11.1 Å². The molecule has 0 amide bonds. The molecule has 24 heavy (non-hydrogen) atoms. The van der Waals surface area contributed by atoms with Crippen LogP contribution in [0.1, 0.15) is 23.1 Å². The van der Waals surface area contributed by atoms with Gasteiger partial charge in [0.2, 0.25) is 0 Å². The van der Waals surface area contributed by atoms with Gasteiger partial charge in [-0.25, -0.2) is 0 Å². The van der Waals surface area contributed by atoms with Crippen LogP contribution in [-0.2, 0) is 4.79 Å². The standard InChI is InChI=1S/C22H18O2/c23-21(24)16-20(17-10-4-1-5-11-17)22(18-12-6-2-7-13-18)19-14-8-3-9-15-19/h1-15H,16H2,(H,23,24). The van der Waals surface area contributed by atoms with E-state index < -0.39 is 5.97 Å². The lowest BCUT2D eigenvalue weighted by Gasteiger charge is -2.16. The minimum absolute atomic E-state index is 0.0247. The molecular weight excluding hydrogens is 296 g/mol. The molecule has 118 valence electrons. The molecule has 0 aliphatic heterocycles. The molecule has 0 aliphatic rings. The Bertz CT molecular complexity index is 793. The van der Waals surface area contributed by atoms with Gasteiger partial charge < -0.3 is 5.11 Å². The molecule has 0 heterocycles. The fourth-order valence-electron chi connectivity index (χ4n) is 2.85. The van der Waals surface area contributed by atoms with Crippen molar-refractivity contribution in [1.82, 2.24) is 0 Å². The van der Waals surface area contributed by atoms with Gasteiger partial charge in [-0.2, -0.15) is 0 Å². The molecular formula is C22H18O2. The molecule has 3 aromatic rings. The molecule has 0 aliphatic carbocycles. The highest BCUT2D eigenvalue weighted by Gasteiger charge is 2.16. The van der Waals surface area contributed by atoms with Crippen molar-refractivity contribution in [2.75, 3.05) is 0 Å². The van der Waals surface area contributed by atoms with Crippen LogP contribution >= 0.6 is 0 Å². The lowest BCUT2D eigenvalue weighted by Crippen LogP contribution is -2.01. The van der Waals surface area contributed by atoms with E-state index in [4.69, 9.17) is 0 Å². The van der Waals surface area contributed by atoms with Gasteiger partial charge in [-0.1, -0.05) is 91.0 Å². The molecule has 3 aromatic carbocycles. The number of hydrogen-bond donors (Lipinski definition) is 1. The third kappa shape index (κ3) is 3.61. The number of carboxylic acids is 1. The minimum Gasteiger partial charge on any atom is -0.481 e. The molecule has 2 nitrogen and oxygen atoms in total. The van der Waals surface area contributed by atoms with E-state index in [-0.39, 0.29) is 6.42 Å². The van der Waals surface area contributed by atoms with Crippen molar-refractivity contribution in [2.45, 2.75) is 6.42 Å². The summed E-state index contributed by atoms with van der Waals surface area (Å²) in [5, 5.41) is 9.45. The second-order valence-corrected chi connectivity index (χ2v) is 5.52. The molecule has 0 unspecified atom stereocenters. The topological polar surface area (TPSA) is 37.3 Å². The van der Waals surface area contributed by atoms with Crippen LogP contribution in [0.5, 0.6) is 0 Å². The average Bonchev–Trinajstić information content (AvgIpc) is 2.63. The number of benzene rings is 3. The van der Waals surface area contributed by atoms with Crippen LogP contribution in [0.15, 0.2) is 91.0 Å². The third-order valence-electron chi connectivity index (χ3n) is 3.88. The molecule has 0 atom stereocenters. The van der Waals surface area contributed by atoms with Crippen molar-refractivity contribution < 1.29 is 9.90 Å². The van der Waals surface area contributed by atoms with E-state index in [1.807, 2.05) is 91.0 Å². The van der Waals surface area contributed by atoms with Crippen molar-refractivity contribution in [3.63, 3.8) is 0 Å². The van der Waals surface area contributed by atoms with Gasteiger partial charge in [0, 0.05) is 0 Å². The third-order valence-corrected chi connectivity index (χ3v) is 3.88. The largest absolute Gasteiger partial charge is 0.481 e. The van der Waals surface area contributed by atoms with Crippen molar-refractivity contribution in [3.8, 4) is 0 Å². The molecule has 0 radical (unpaired) electrons. The van der Waals surface area contributed by atoms with Crippen molar-refractivity contribution in [3.05, 3.63) is 108 Å². The maximum atomic E-state index is 11.5. The first-order valence-electron chi connectivity index (χ1n) is 7.87. The van der Waals surface area contributed by atoms with Gasteiger partial charge in [-0.15, -0.1) is 0 Å². The highest BCUT2D eigenvalue weighted by Crippen LogP contribution is 2.34. The molecule has 3 rings (SSSR count). The fourth-order valence-corrected chi connectivity index (χ4v) is 2.85. The predicted molar refractivity (Wildman–Crippen MR) is 97.5 cm³/mol. The second kappa shape index (κ2) is 7.42. The zero-order chi connectivity index (χ0) is 16.8. The first-order chi connectivity index (χ1) is 11.8. The minimum atomic E-state index is -0.835. The number of rotatable bonds is 5. The van der Waals surface area contributed by atoms with E-state index in [1.165, 1.54) is 0 Å². The van der Waals surface area contributed by atoms with Crippen molar-refractivity contribution in [2.24, 2.45) is 0 Å². The fraction of sp³-hybridized carbons (Fsp3) is 0.0455. The number of hydrogen-bond acceptors (Lipinski definition) is 1. The average molecular weight is 314 g/mol. The summed E-state index contributed by atoms with van der Waals surface area (Å²) in [5.74, 6) is -0.835. The molecule has 0 fully saturated rings. The molecule has 1 N–H and O–H groups in total. The molecule has 2 heteroatoms. The van der Waals surface area contributed by atoms with Crippen LogP contribution in [0, 0.1) is 0 Å². The Kier molecular flexibility index (Phi) is 4.87. The van der Waals surface area contributed by atoms with Gasteiger partial charge in [-0.05, 0) is 27.8 Å². The van der Waals surface area contributed by atoms with Gasteiger partial charge in [0.25, 0.3) is 0 Å². The van der Waals surface area contributed by atoms with Crippen LogP contribution in [0.4, 0.5) is 0 Å². The van der Waals surface area contributed by atoms with Crippen LogP contribution in [0.25, 0.3) is 11.1 Å². The summed E-state index contributed by atoms with van der Waals surface area (Å²) in [5.41, 5.74) is 4.75. The molecule has 0 spiro atoms. The Labute approximate surface area is 141 Å². The number of aliphatic carboxylic acids is 1. The highest BCUT2D eigenvalue weighted by molar-refractivity contribution is 6.03. The normalized spacial score (nSPS) is 10.2. The van der Waals surface area contributed by atoms with E-state index >= 15 is 0 Å². The first-order valence-corrected chi connectivity index (χ1v) is 7.87. The zero-order valence-corrected chi connectivity index (χ0v) is 13.2. The summed E-state index contributed by atoms with van der Waals surface area (Å²) in [6.07, 6.45) is -0.0247. The highest BCUT2D eigenvalue weighted by atomic mass is 16.4. The Morgan fingerprint density at radius 1 is 0.625 bits per heavy atom. The Morgan fingerprint density at radius 3 is 1.38 bits per heavy atom. The van der Waals surface area contributed by atoms with Crippen molar-refractivity contribution >= 4 is 17.1 Å². The van der Waals surface area contributed by atoms with E-state index in [1.54, 1.807) is 0 Å². The van der Waals surface area contributed by atoms with Crippen LogP contribution in [0.2, 0.25) is 0 Å². The van der Waals surface area contributed by atoms with Crippen molar-refractivity contribution in [1.29, 1.82) is 0 Å². The first kappa shape index (κ1) is 15.8. The Balaban J connectivity index is 2.30. The van der Waals surface area contributed by atoms with Gasteiger partial charge in [0.15, 0.2) is 0 Å². The molecule has 0 bridgehead atoms. The number of carbonyl (C=O) groups is 1. The summed E-state index contributed by atoms with van der Waals surface area (Å²) in [6, 6.07) is 29.6. The SMILES string of the molecule is O=C(O)CC(=C(c1ccccc1)c1ccccc1)c1ccccc1. The van der Waals surface area contributed by atoms with E-state index in [0.29, 0.717) is 0 Å². The van der Waals surface area contributed by atoms with Crippen LogP contribution < -0.4 is 0 Å². The summed E-state index contributed by atoms with van der Waals surface area (Å²) in [4.78, 5) is 11.5. The molecule has 0 saturated carbocycles. The van der Waals surface area contributed by atoms with Gasteiger partial charge in [-0.3, -0.25) is 4.79 Å². The lowest BCUT2D eigenvalue weighted by molar-refractivity contribution is -0.135. The lowest BCUT2D eigenvalue weighted by atomic mass is 9.88. The summed E-state index contributed by atoms with van der Waals surface area (Å²) in [7, 11) is 0. The summed E-state index contributed by atoms with van der Waals surface area (Å²) in [6.45, 7) is 0. The number of carboxylic acid groups (broad SMARTS) is 1. The molecule has 0 aromatic heterocycles. The van der Waals surface area contributed by atoms with Gasteiger partial charge in [0.05, 0.1) is 6.42 Å². The Hall–Kier alpha value is -3.13. The summed E-state index contributed by atoms with van der Waals surface area (Å²) < 4.78 is 0. The summed E-state index contributed by atoms with van der Waals surface area (Å²) >= 11 is 0. The maximum absolute atomic E-state index is 11.5. The van der Waals surface area contributed by atoms with E-state index in [2.05, 4.69) is 0 Å². The predicted octanol–water partition coefficient (Wildman–Crippen LogP) is 5.12. The maximum Gasteiger partial charge on any atom is 0.307 e. The van der Waals surface area contributed by atoms with Gasteiger partial charge >= 0.3 is 5.97 Å².